The van der Waals surface area contributed by atoms with Crippen LogP contribution < -0.4 is 4.90 Å². The van der Waals surface area contributed by atoms with Crippen LogP contribution in [-0.2, 0) is 34.4 Å². The van der Waals surface area contributed by atoms with E-state index in [-0.39, 0.29) is 18.2 Å². The van der Waals surface area contributed by atoms with Crippen molar-refractivity contribution in [2.45, 2.75) is 31.2 Å². The number of fused-ring (bicyclic) bond motifs is 2. The summed E-state index contributed by atoms with van der Waals surface area (Å²) in [6, 6.07) is 17.8. The fraction of sp³-hybridized carbons (Fsp3) is 0.292. The Morgan fingerprint density at radius 2 is 1.90 bits per heavy atom. The number of benzene rings is 2. The van der Waals surface area contributed by atoms with Gasteiger partial charge in [0.2, 0.25) is 11.8 Å². The molecule has 6 nitrogen and oxygen atoms in total. The van der Waals surface area contributed by atoms with Gasteiger partial charge in [-0.25, -0.2) is 0 Å². The monoisotopic (exact) mass is 400 g/mol. The van der Waals surface area contributed by atoms with E-state index in [2.05, 4.69) is 10.2 Å². The number of likely N-dealkylation sites (N-methyl/N-ethyl adjacent to an activating group) is 1. The normalized spacial score (nSPS) is 20.2. The highest BCUT2D eigenvalue weighted by molar-refractivity contribution is 6.10. The highest BCUT2D eigenvalue weighted by atomic mass is 16.2. The lowest BCUT2D eigenvalue weighted by molar-refractivity contribution is -0.137. The number of rotatable bonds is 4. The zero-order valence-corrected chi connectivity index (χ0v) is 17.0. The van der Waals surface area contributed by atoms with Crippen molar-refractivity contribution in [2.24, 2.45) is 0 Å². The molecule has 1 N–H and O–H groups in total. The standard InChI is InChI=1S/C24H24N4O2/c1-27-21-10-6-5-9-19(21)24(23(27)30,13-17-7-3-2-4-8-17)14-22(29)28-12-11-20-18(16-28)15-25-26-20/h2-10,15H,11-14,16H2,1H3,(H,25,26)/t24-/m1/s1. The fourth-order valence-electron chi connectivity index (χ4n) is 4.87. The number of nitrogens with zero attached hydrogens (tertiary/aromatic N) is 3. The molecule has 0 bridgehead atoms. The lowest BCUT2D eigenvalue weighted by Gasteiger charge is -2.33. The highest BCUT2D eigenvalue weighted by Crippen LogP contribution is 2.46. The average Bonchev–Trinajstić information content (AvgIpc) is 3.32. The number of amides is 2. The molecule has 0 saturated carbocycles. The molecule has 152 valence electrons. The zero-order chi connectivity index (χ0) is 20.7. The molecule has 0 aliphatic carbocycles. The first-order valence-corrected chi connectivity index (χ1v) is 10.3. The van der Waals surface area contributed by atoms with Crippen molar-refractivity contribution in [3.63, 3.8) is 0 Å². The summed E-state index contributed by atoms with van der Waals surface area (Å²) in [5, 5.41) is 7.11. The minimum atomic E-state index is -0.888. The molecule has 3 aromatic rings. The van der Waals surface area contributed by atoms with E-state index in [4.69, 9.17) is 0 Å². The van der Waals surface area contributed by atoms with Crippen LogP contribution >= 0.6 is 0 Å². The first-order valence-electron chi connectivity index (χ1n) is 10.3. The van der Waals surface area contributed by atoms with Gasteiger partial charge >= 0.3 is 0 Å². The summed E-state index contributed by atoms with van der Waals surface area (Å²) in [5.41, 5.74) is 4.15. The van der Waals surface area contributed by atoms with Crippen molar-refractivity contribution in [3.8, 4) is 0 Å². The van der Waals surface area contributed by atoms with Gasteiger partial charge in [-0.15, -0.1) is 0 Å². The maximum Gasteiger partial charge on any atom is 0.238 e. The van der Waals surface area contributed by atoms with E-state index in [0.29, 0.717) is 19.5 Å². The molecule has 30 heavy (non-hydrogen) atoms. The van der Waals surface area contributed by atoms with Crippen molar-refractivity contribution in [2.75, 3.05) is 18.5 Å². The van der Waals surface area contributed by atoms with E-state index in [9.17, 15) is 9.59 Å². The topological polar surface area (TPSA) is 69.3 Å². The molecular formula is C24H24N4O2. The van der Waals surface area contributed by atoms with Crippen molar-refractivity contribution in [1.29, 1.82) is 0 Å². The van der Waals surface area contributed by atoms with Gasteiger partial charge in [-0.05, 0) is 23.6 Å². The predicted octanol–water partition coefficient (Wildman–Crippen LogP) is 2.84. The molecule has 2 aliphatic heterocycles. The number of aromatic nitrogens is 2. The molecule has 5 rings (SSSR count). The lowest BCUT2D eigenvalue weighted by Crippen LogP contribution is -2.46. The molecule has 0 spiro atoms. The Morgan fingerprint density at radius 1 is 1.13 bits per heavy atom. The Kier molecular flexibility index (Phi) is 4.42. The number of carbonyl (C=O) groups is 2. The van der Waals surface area contributed by atoms with Gasteiger partial charge in [0.15, 0.2) is 0 Å². The molecule has 2 amide bonds. The van der Waals surface area contributed by atoms with Crippen LogP contribution in [0.4, 0.5) is 5.69 Å². The molecule has 0 radical (unpaired) electrons. The summed E-state index contributed by atoms with van der Waals surface area (Å²) in [7, 11) is 1.80. The van der Waals surface area contributed by atoms with Crippen LogP contribution in [0, 0.1) is 0 Å². The van der Waals surface area contributed by atoms with Crippen LogP contribution in [0.15, 0.2) is 60.8 Å². The quantitative estimate of drug-likeness (QED) is 0.732. The summed E-state index contributed by atoms with van der Waals surface area (Å²) in [4.78, 5) is 30.6. The third-order valence-electron chi connectivity index (χ3n) is 6.45. The third-order valence-corrected chi connectivity index (χ3v) is 6.45. The molecule has 0 saturated heterocycles. The first kappa shape index (κ1) is 18.6. The van der Waals surface area contributed by atoms with E-state index in [0.717, 1.165) is 34.5 Å². The Bertz CT molecular complexity index is 1110. The summed E-state index contributed by atoms with van der Waals surface area (Å²) >= 11 is 0. The zero-order valence-electron chi connectivity index (χ0n) is 17.0. The largest absolute Gasteiger partial charge is 0.338 e. The Hall–Kier alpha value is -3.41. The summed E-state index contributed by atoms with van der Waals surface area (Å²) in [6.07, 6.45) is 3.22. The van der Waals surface area contributed by atoms with Gasteiger partial charge in [-0.2, -0.15) is 5.10 Å². The van der Waals surface area contributed by atoms with Crippen molar-refractivity contribution >= 4 is 17.5 Å². The molecule has 2 aromatic carbocycles. The number of H-pyrrole nitrogens is 1. The summed E-state index contributed by atoms with van der Waals surface area (Å²) in [5.74, 6) is -0.00172. The van der Waals surface area contributed by atoms with Crippen LogP contribution in [0.2, 0.25) is 0 Å². The van der Waals surface area contributed by atoms with Crippen molar-refractivity contribution in [3.05, 3.63) is 83.2 Å². The molecule has 6 heteroatoms. The second-order valence-electron chi connectivity index (χ2n) is 8.24. The smallest absolute Gasteiger partial charge is 0.238 e. The highest BCUT2D eigenvalue weighted by Gasteiger charge is 2.51. The molecule has 0 fully saturated rings. The number of hydrogen-bond donors (Lipinski definition) is 1. The van der Waals surface area contributed by atoms with E-state index in [1.54, 1.807) is 18.1 Å². The minimum absolute atomic E-state index is 0.0104. The van der Waals surface area contributed by atoms with Crippen LogP contribution in [0.3, 0.4) is 0 Å². The van der Waals surface area contributed by atoms with E-state index in [1.165, 1.54) is 0 Å². The fourth-order valence-corrected chi connectivity index (χ4v) is 4.87. The Balaban J connectivity index is 1.51. The summed E-state index contributed by atoms with van der Waals surface area (Å²) < 4.78 is 0. The molecule has 2 aliphatic rings. The number of anilines is 1. The molecule has 3 heterocycles. The van der Waals surface area contributed by atoms with Crippen LogP contribution in [0.25, 0.3) is 0 Å². The molecule has 1 aromatic heterocycles. The molecular weight excluding hydrogens is 376 g/mol. The van der Waals surface area contributed by atoms with Crippen molar-refractivity contribution in [1.82, 2.24) is 15.1 Å². The van der Waals surface area contributed by atoms with Gasteiger partial charge in [0.25, 0.3) is 0 Å². The molecule has 1 atom stereocenters. The van der Waals surface area contributed by atoms with Gasteiger partial charge in [-0.1, -0.05) is 48.5 Å². The van der Waals surface area contributed by atoms with Gasteiger partial charge < -0.3 is 9.80 Å². The Labute approximate surface area is 175 Å². The third kappa shape index (κ3) is 2.91. The van der Waals surface area contributed by atoms with Gasteiger partial charge in [0.1, 0.15) is 0 Å². The Morgan fingerprint density at radius 3 is 2.73 bits per heavy atom. The minimum Gasteiger partial charge on any atom is -0.338 e. The second kappa shape index (κ2) is 7.13. The SMILES string of the molecule is CN1C(=O)[C@@](CC(=O)N2CCc3[nH]ncc3C2)(Cc2ccccc2)c2ccccc21. The predicted molar refractivity (Wildman–Crippen MR) is 114 cm³/mol. The number of para-hydroxylation sites is 1. The van der Waals surface area contributed by atoms with Crippen molar-refractivity contribution < 1.29 is 9.59 Å². The van der Waals surface area contributed by atoms with E-state index in [1.807, 2.05) is 59.5 Å². The lowest BCUT2D eigenvalue weighted by atomic mass is 9.73. The van der Waals surface area contributed by atoms with E-state index < -0.39 is 5.41 Å². The number of carbonyl (C=O) groups excluding carboxylic acids is 2. The maximum atomic E-state index is 13.6. The summed E-state index contributed by atoms with van der Waals surface area (Å²) in [6.45, 7) is 1.18. The van der Waals surface area contributed by atoms with Gasteiger partial charge in [-0.3, -0.25) is 14.7 Å². The maximum absolute atomic E-state index is 13.6. The first-order chi connectivity index (χ1) is 14.6. The van der Waals surface area contributed by atoms with Crippen LogP contribution in [-0.4, -0.2) is 40.5 Å². The van der Waals surface area contributed by atoms with Gasteiger partial charge in [0, 0.05) is 49.9 Å². The van der Waals surface area contributed by atoms with Crippen LogP contribution in [0.1, 0.15) is 28.8 Å². The van der Waals surface area contributed by atoms with Crippen LogP contribution in [0.5, 0.6) is 0 Å². The van der Waals surface area contributed by atoms with Gasteiger partial charge in [0.05, 0.1) is 11.6 Å². The second-order valence-corrected chi connectivity index (χ2v) is 8.24. The number of aromatic amines is 1. The number of hydrogen-bond acceptors (Lipinski definition) is 3. The molecule has 0 unspecified atom stereocenters. The average molecular weight is 400 g/mol. The number of nitrogens with one attached hydrogen (secondary N) is 1. The van der Waals surface area contributed by atoms with E-state index >= 15 is 0 Å².